The number of nitrogens with one attached hydrogen (secondary N) is 3. The maximum atomic E-state index is 13.5. The molecule has 0 radical (unpaired) electrons. The summed E-state index contributed by atoms with van der Waals surface area (Å²) < 4.78 is 12.6. The Bertz CT molecular complexity index is 2300. The summed E-state index contributed by atoms with van der Waals surface area (Å²) in [4.78, 5) is 52.7. The van der Waals surface area contributed by atoms with Crippen molar-refractivity contribution in [2.45, 2.75) is 89.1 Å². The lowest BCUT2D eigenvalue weighted by Crippen LogP contribution is -2.55. The minimum Gasteiger partial charge on any atom is -0.488 e. The molecule has 17 nitrogen and oxygen atoms in total. The minimum absolute atomic E-state index is 0.255. The molecule has 66 heavy (non-hydrogen) atoms. The highest BCUT2D eigenvalue weighted by Gasteiger charge is 2.52. The second kappa shape index (κ2) is 21.1. The number of amides is 2. The van der Waals surface area contributed by atoms with Crippen molar-refractivity contribution in [3.63, 3.8) is 0 Å². The molecular weight excluding hydrogens is 839 g/mol. The summed E-state index contributed by atoms with van der Waals surface area (Å²) in [5.41, 5.74) is 9.94. The number of piperazine rings is 2. The molecule has 3 unspecified atom stereocenters. The number of carboxylic acid groups (broad SMARTS) is 1. The van der Waals surface area contributed by atoms with Crippen molar-refractivity contribution in [2.75, 3.05) is 87.4 Å². The first-order valence-electron chi connectivity index (χ1n) is 23.5. The van der Waals surface area contributed by atoms with Gasteiger partial charge in [-0.25, -0.2) is 4.98 Å². The Morgan fingerprint density at radius 1 is 1.00 bits per heavy atom. The lowest BCUT2D eigenvalue weighted by atomic mass is 9.68. The molecule has 4 aliphatic rings. The Hall–Kier alpha value is -6.04. The third-order valence-electron chi connectivity index (χ3n) is 13.7. The van der Waals surface area contributed by atoms with Crippen LogP contribution in [0.25, 0.3) is 11.3 Å². The smallest absolute Gasteiger partial charge is 0.319 e. The van der Waals surface area contributed by atoms with E-state index >= 15 is 0 Å². The van der Waals surface area contributed by atoms with Crippen LogP contribution in [0.4, 0.5) is 22.9 Å². The number of nitrogens with zero attached hydrogens (tertiary/aromatic N) is 7. The monoisotopic (exact) mass is 904 g/mol. The van der Waals surface area contributed by atoms with Crippen LogP contribution in [0.1, 0.15) is 63.9 Å². The van der Waals surface area contributed by atoms with Crippen molar-refractivity contribution < 1.29 is 29.0 Å². The van der Waals surface area contributed by atoms with Crippen LogP contribution in [0, 0.1) is 5.41 Å². The number of nitrogens with two attached hydrogens (primary N) is 1. The largest absolute Gasteiger partial charge is 0.488 e. The second-order valence-corrected chi connectivity index (χ2v) is 18.5. The van der Waals surface area contributed by atoms with Crippen molar-refractivity contribution in [1.82, 2.24) is 35.6 Å². The van der Waals surface area contributed by atoms with E-state index in [1.165, 1.54) is 0 Å². The SMILES string of the molecule is CC1CNCCN1CCOc1cc(N2C3CCC2CN(c2cc(-c4ccccc4OCc4ccc(NC(=O)[C@H](CCCCN(C)C)NC(=O)C5(C(=O)O)CCC5)cc4)nnc2N)C3)ccn1. The molecule has 2 aromatic carbocycles. The standard InChI is InChI=1S/C49H65N11O6/c1-33-29-51-22-24-58(33)25-26-65-44-27-36(18-21-52-44)60-37-16-17-38(60)31-59(30-37)42-28-41(55-56-45(42)50)39-9-4-5-11-43(39)66-32-34-12-14-35(15-13-34)53-46(61)40(10-6-7-23-57(2)3)54-47(62)49(48(63)64)19-8-20-49/h4-5,9,11-15,18,21,27-28,33,37-38,40,51H,6-8,10,16-17,19-20,22-26,29-32H2,1-3H3,(H2,50,56)(H,53,61)(H,54,62)(H,63,64)/t33?,37?,38?,40-/m0/s1. The van der Waals surface area contributed by atoms with Gasteiger partial charge >= 0.3 is 5.97 Å². The Kier molecular flexibility index (Phi) is 14.8. The van der Waals surface area contributed by atoms with Gasteiger partial charge in [-0.1, -0.05) is 30.7 Å². The molecule has 352 valence electrons. The van der Waals surface area contributed by atoms with Gasteiger partial charge in [-0.15, -0.1) is 10.2 Å². The molecule has 4 fully saturated rings. The molecule has 0 spiro atoms. The van der Waals surface area contributed by atoms with Crippen molar-refractivity contribution in [2.24, 2.45) is 5.41 Å². The van der Waals surface area contributed by atoms with Gasteiger partial charge in [-0.05, 0) is 114 Å². The van der Waals surface area contributed by atoms with E-state index in [-0.39, 0.29) is 37.4 Å². The molecule has 3 aliphatic heterocycles. The van der Waals surface area contributed by atoms with E-state index in [0.717, 1.165) is 87.6 Å². The molecule has 2 bridgehead atoms. The van der Waals surface area contributed by atoms with Crippen LogP contribution in [0.2, 0.25) is 0 Å². The summed E-state index contributed by atoms with van der Waals surface area (Å²) in [6.45, 7) is 9.43. The quantitative estimate of drug-likeness (QED) is 0.0606. The number of hydrogen-bond donors (Lipinski definition) is 5. The number of ether oxygens (including phenoxy) is 2. The third kappa shape index (κ3) is 10.8. The zero-order valence-electron chi connectivity index (χ0n) is 38.5. The van der Waals surface area contributed by atoms with E-state index in [1.54, 1.807) is 12.1 Å². The third-order valence-corrected chi connectivity index (χ3v) is 13.7. The van der Waals surface area contributed by atoms with Crippen LogP contribution >= 0.6 is 0 Å². The average molecular weight is 904 g/mol. The van der Waals surface area contributed by atoms with Gasteiger partial charge in [0.05, 0.1) is 11.4 Å². The highest BCUT2D eigenvalue weighted by Crippen LogP contribution is 2.42. The number of nitrogen functional groups attached to an aromatic ring is 1. The molecular formula is C49H65N11O6. The van der Waals surface area contributed by atoms with Crippen molar-refractivity contribution in [3.05, 3.63) is 78.5 Å². The number of hydrogen-bond acceptors (Lipinski definition) is 14. The molecule has 4 atom stereocenters. The van der Waals surface area contributed by atoms with E-state index in [9.17, 15) is 19.5 Å². The van der Waals surface area contributed by atoms with Gasteiger partial charge in [-0.2, -0.15) is 0 Å². The second-order valence-electron chi connectivity index (χ2n) is 18.5. The number of carboxylic acids is 1. The van der Waals surface area contributed by atoms with E-state index in [1.807, 2.05) is 62.8 Å². The molecule has 4 aromatic rings. The number of para-hydroxylation sites is 1. The Labute approximate surface area is 387 Å². The van der Waals surface area contributed by atoms with E-state index in [0.29, 0.717) is 60.7 Å². The minimum atomic E-state index is -1.46. The number of carbonyl (C=O) groups is 3. The zero-order chi connectivity index (χ0) is 46.2. The normalized spacial score (nSPS) is 20.6. The van der Waals surface area contributed by atoms with Crippen LogP contribution < -0.4 is 41.0 Å². The topological polar surface area (TPSA) is 204 Å². The van der Waals surface area contributed by atoms with Crippen LogP contribution in [-0.4, -0.2) is 139 Å². The highest BCUT2D eigenvalue weighted by molar-refractivity contribution is 6.05. The Balaban J connectivity index is 0.878. The lowest BCUT2D eigenvalue weighted by molar-refractivity contribution is -0.162. The molecule has 6 N–H and O–H groups in total. The van der Waals surface area contributed by atoms with Gasteiger partial charge < -0.3 is 51.0 Å². The van der Waals surface area contributed by atoms with Gasteiger partial charge in [0, 0.05) is 86.6 Å². The fourth-order valence-electron chi connectivity index (χ4n) is 9.71. The summed E-state index contributed by atoms with van der Waals surface area (Å²) in [7, 11) is 3.96. The highest BCUT2D eigenvalue weighted by atomic mass is 16.5. The van der Waals surface area contributed by atoms with Crippen LogP contribution in [0.5, 0.6) is 11.6 Å². The van der Waals surface area contributed by atoms with Gasteiger partial charge in [0.15, 0.2) is 5.82 Å². The van der Waals surface area contributed by atoms with Crippen LogP contribution in [-0.2, 0) is 21.0 Å². The Morgan fingerprint density at radius 3 is 2.48 bits per heavy atom. The number of fused-ring (bicyclic) bond motifs is 2. The molecule has 3 saturated heterocycles. The molecule has 2 amide bonds. The first-order chi connectivity index (χ1) is 32.0. The van der Waals surface area contributed by atoms with Gasteiger partial charge in [0.1, 0.15) is 30.4 Å². The predicted molar refractivity (Wildman–Crippen MR) is 255 cm³/mol. The van der Waals surface area contributed by atoms with Gasteiger partial charge in [0.25, 0.3) is 0 Å². The summed E-state index contributed by atoms with van der Waals surface area (Å²) in [6.07, 6.45) is 7.12. The number of carbonyl (C=O) groups excluding carboxylic acids is 2. The van der Waals surface area contributed by atoms with Crippen molar-refractivity contribution in [1.29, 1.82) is 0 Å². The predicted octanol–water partition coefficient (Wildman–Crippen LogP) is 4.64. The maximum absolute atomic E-state index is 13.5. The number of aliphatic carboxylic acids is 1. The first-order valence-corrected chi connectivity index (χ1v) is 23.5. The molecule has 17 heteroatoms. The van der Waals surface area contributed by atoms with Crippen molar-refractivity contribution >= 4 is 40.7 Å². The molecule has 5 heterocycles. The summed E-state index contributed by atoms with van der Waals surface area (Å²) >= 11 is 0. The van der Waals surface area contributed by atoms with Gasteiger partial charge in [-0.3, -0.25) is 19.3 Å². The number of pyridine rings is 1. The Morgan fingerprint density at radius 2 is 1.77 bits per heavy atom. The van der Waals surface area contributed by atoms with E-state index < -0.39 is 23.3 Å². The lowest BCUT2D eigenvalue weighted by Gasteiger charge is -2.43. The molecule has 8 rings (SSSR count). The molecule has 2 aromatic heterocycles. The molecule has 1 saturated carbocycles. The number of aromatic nitrogens is 3. The summed E-state index contributed by atoms with van der Waals surface area (Å²) in [5.74, 6) is -0.443. The fraction of sp³-hybridized carbons (Fsp3) is 0.510. The summed E-state index contributed by atoms with van der Waals surface area (Å²) in [6, 6.07) is 21.4. The number of unbranched alkanes of at least 4 members (excludes halogenated alkanes) is 1. The number of anilines is 4. The van der Waals surface area contributed by atoms with Crippen molar-refractivity contribution in [3.8, 4) is 22.9 Å². The average Bonchev–Trinajstić information content (AvgIpc) is 3.56. The zero-order valence-corrected chi connectivity index (χ0v) is 38.5. The van der Waals surface area contributed by atoms with E-state index in [4.69, 9.17) is 15.2 Å². The van der Waals surface area contributed by atoms with Crippen LogP contribution in [0.15, 0.2) is 72.9 Å². The number of benzene rings is 2. The maximum Gasteiger partial charge on any atom is 0.319 e. The van der Waals surface area contributed by atoms with Gasteiger partial charge in [0.2, 0.25) is 17.7 Å². The van der Waals surface area contributed by atoms with E-state index in [2.05, 4.69) is 69.8 Å². The first kappa shape index (κ1) is 46.5. The fourth-order valence-corrected chi connectivity index (χ4v) is 9.71. The number of rotatable bonds is 20. The summed E-state index contributed by atoms with van der Waals surface area (Å²) in [5, 5.41) is 27.9. The van der Waals surface area contributed by atoms with Crippen LogP contribution in [0.3, 0.4) is 0 Å². The molecule has 1 aliphatic carbocycles.